The molecule has 3 rings (SSSR count). The highest BCUT2D eigenvalue weighted by Gasteiger charge is 2.09. The molecule has 0 spiro atoms. The van der Waals surface area contributed by atoms with Crippen molar-refractivity contribution < 1.29 is 9.59 Å². The summed E-state index contributed by atoms with van der Waals surface area (Å²) in [7, 11) is 0. The zero-order valence-electron chi connectivity index (χ0n) is 16.6. The van der Waals surface area contributed by atoms with Crippen molar-refractivity contribution in [2.45, 2.75) is 6.92 Å². The van der Waals surface area contributed by atoms with Gasteiger partial charge in [0.1, 0.15) is 0 Å². The maximum atomic E-state index is 12.3. The molecular weight excluding hydrogens is 392 g/mol. The molecule has 4 amide bonds. The molecular formula is C23H18N6O2. The molecule has 0 aromatic heterocycles. The number of rotatable bonds is 4. The number of nitrogens with one attached hydrogen (secondary N) is 4. The van der Waals surface area contributed by atoms with Crippen molar-refractivity contribution in [3.63, 3.8) is 0 Å². The number of benzene rings is 3. The van der Waals surface area contributed by atoms with Crippen molar-refractivity contribution in [3.8, 4) is 12.1 Å². The highest BCUT2D eigenvalue weighted by molar-refractivity contribution is 6.02. The Balaban J connectivity index is 1.62. The second-order valence-corrected chi connectivity index (χ2v) is 6.57. The van der Waals surface area contributed by atoms with Gasteiger partial charge in [-0.2, -0.15) is 10.5 Å². The minimum absolute atomic E-state index is 0.452. The lowest BCUT2D eigenvalue weighted by Gasteiger charge is -2.13. The summed E-state index contributed by atoms with van der Waals surface area (Å²) in [5.74, 6) is 0. The van der Waals surface area contributed by atoms with Crippen LogP contribution in [-0.2, 0) is 0 Å². The summed E-state index contributed by atoms with van der Waals surface area (Å²) in [5, 5.41) is 28.5. The average Bonchev–Trinajstić information content (AvgIpc) is 2.77. The smallest absolute Gasteiger partial charge is 0.308 e. The maximum absolute atomic E-state index is 12.3. The van der Waals surface area contributed by atoms with Gasteiger partial charge < -0.3 is 21.3 Å². The van der Waals surface area contributed by atoms with Crippen LogP contribution in [-0.4, -0.2) is 12.1 Å². The molecule has 152 valence electrons. The highest BCUT2D eigenvalue weighted by Crippen LogP contribution is 2.21. The molecule has 0 aliphatic carbocycles. The zero-order chi connectivity index (χ0) is 22.2. The van der Waals surface area contributed by atoms with Crippen LogP contribution in [0.5, 0.6) is 0 Å². The standard InChI is InChI=1S/C23H18N6O2/c1-15-2-7-20(28-22(30)26-18-8-3-16(13-24)4-9-18)12-21(15)29-23(31)27-19-10-5-17(14-25)6-11-19/h2-12H,1H3,(H2,26,28,30)(H2,27,29,31). The first-order valence-electron chi connectivity index (χ1n) is 9.24. The van der Waals surface area contributed by atoms with Crippen molar-refractivity contribution in [2.24, 2.45) is 0 Å². The van der Waals surface area contributed by atoms with Crippen molar-refractivity contribution >= 4 is 34.8 Å². The first-order valence-corrected chi connectivity index (χ1v) is 9.24. The number of hydrogen-bond acceptors (Lipinski definition) is 4. The number of anilines is 4. The van der Waals surface area contributed by atoms with E-state index in [1.165, 1.54) is 0 Å². The van der Waals surface area contributed by atoms with Crippen LogP contribution in [0, 0.1) is 29.6 Å². The van der Waals surface area contributed by atoms with E-state index in [4.69, 9.17) is 10.5 Å². The molecule has 8 heteroatoms. The molecule has 0 radical (unpaired) electrons. The Bertz CT molecular complexity index is 1190. The second kappa shape index (κ2) is 9.59. The summed E-state index contributed by atoms with van der Waals surface area (Å²) in [6.45, 7) is 1.83. The van der Waals surface area contributed by atoms with Crippen LogP contribution >= 0.6 is 0 Å². The van der Waals surface area contributed by atoms with Crippen LogP contribution < -0.4 is 21.3 Å². The van der Waals surface area contributed by atoms with Gasteiger partial charge in [-0.05, 0) is 73.2 Å². The number of aryl methyl sites for hydroxylation is 1. The lowest BCUT2D eigenvalue weighted by atomic mass is 10.2. The Kier molecular flexibility index (Phi) is 6.47. The minimum atomic E-state index is -0.457. The summed E-state index contributed by atoms with van der Waals surface area (Å²) in [6.07, 6.45) is 0. The average molecular weight is 410 g/mol. The van der Waals surface area contributed by atoms with Gasteiger partial charge in [-0.25, -0.2) is 9.59 Å². The van der Waals surface area contributed by atoms with E-state index in [0.29, 0.717) is 33.9 Å². The molecule has 0 aliphatic heterocycles. The number of carbonyl (C=O) groups excluding carboxylic acids is 2. The van der Waals surface area contributed by atoms with Gasteiger partial charge in [0.25, 0.3) is 0 Å². The normalized spacial score (nSPS) is 9.65. The molecule has 4 N–H and O–H groups in total. The Morgan fingerprint density at radius 1 is 0.645 bits per heavy atom. The predicted molar refractivity (Wildman–Crippen MR) is 119 cm³/mol. The molecule has 0 saturated carbocycles. The minimum Gasteiger partial charge on any atom is -0.308 e. The Morgan fingerprint density at radius 3 is 1.55 bits per heavy atom. The Labute approximate surface area is 179 Å². The van der Waals surface area contributed by atoms with Gasteiger partial charge in [0, 0.05) is 22.7 Å². The van der Waals surface area contributed by atoms with Crippen LogP contribution in [0.15, 0.2) is 66.7 Å². The molecule has 0 bridgehead atoms. The fraction of sp³-hybridized carbons (Fsp3) is 0.0435. The van der Waals surface area contributed by atoms with Crippen LogP contribution in [0.2, 0.25) is 0 Å². The summed E-state index contributed by atoms with van der Waals surface area (Å²) >= 11 is 0. The molecule has 3 aromatic rings. The van der Waals surface area contributed by atoms with Gasteiger partial charge in [-0.1, -0.05) is 6.07 Å². The number of nitriles is 2. The molecule has 0 aliphatic rings. The number of amides is 4. The van der Waals surface area contributed by atoms with Crippen molar-refractivity contribution in [1.82, 2.24) is 0 Å². The monoisotopic (exact) mass is 410 g/mol. The fourth-order valence-corrected chi connectivity index (χ4v) is 2.67. The van der Waals surface area contributed by atoms with Crippen molar-refractivity contribution in [2.75, 3.05) is 21.3 Å². The molecule has 0 atom stereocenters. The van der Waals surface area contributed by atoms with Crippen molar-refractivity contribution in [3.05, 3.63) is 83.4 Å². The number of carbonyl (C=O) groups is 2. The van der Waals surface area contributed by atoms with E-state index in [2.05, 4.69) is 21.3 Å². The van der Waals surface area contributed by atoms with E-state index in [1.54, 1.807) is 66.7 Å². The predicted octanol–water partition coefficient (Wildman–Crippen LogP) is 5.03. The van der Waals surface area contributed by atoms with Crippen LogP contribution in [0.4, 0.5) is 32.3 Å². The topological polar surface area (TPSA) is 130 Å². The van der Waals surface area contributed by atoms with E-state index in [1.807, 2.05) is 19.1 Å². The van der Waals surface area contributed by atoms with E-state index in [9.17, 15) is 9.59 Å². The first-order chi connectivity index (χ1) is 15.0. The Morgan fingerprint density at radius 2 is 1.06 bits per heavy atom. The maximum Gasteiger partial charge on any atom is 0.323 e. The molecule has 0 unspecified atom stereocenters. The molecule has 3 aromatic carbocycles. The van der Waals surface area contributed by atoms with Crippen LogP contribution in [0.3, 0.4) is 0 Å². The van der Waals surface area contributed by atoms with Crippen molar-refractivity contribution in [1.29, 1.82) is 10.5 Å². The van der Waals surface area contributed by atoms with E-state index in [0.717, 1.165) is 5.56 Å². The van der Waals surface area contributed by atoms with Crippen LogP contribution in [0.25, 0.3) is 0 Å². The van der Waals surface area contributed by atoms with Gasteiger partial charge in [0.05, 0.1) is 23.3 Å². The zero-order valence-corrected chi connectivity index (χ0v) is 16.6. The SMILES string of the molecule is Cc1ccc(NC(=O)Nc2ccc(C#N)cc2)cc1NC(=O)Nc1ccc(C#N)cc1. The van der Waals surface area contributed by atoms with Gasteiger partial charge in [0.15, 0.2) is 0 Å². The Hall–Kier alpha value is -4.82. The number of hydrogen-bond donors (Lipinski definition) is 4. The van der Waals surface area contributed by atoms with E-state index in [-0.39, 0.29) is 0 Å². The largest absolute Gasteiger partial charge is 0.323 e. The lowest BCUT2D eigenvalue weighted by Crippen LogP contribution is -2.21. The number of nitrogens with zero attached hydrogens (tertiary/aromatic N) is 2. The van der Waals surface area contributed by atoms with Gasteiger partial charge in [-0.3, -0.25) is 0 Å². The lowest BCUT2D eigenvalue weighted by molar-refractivity contribution is 0.261. The van der Waals surface area contributed by atoms with Gasteiger partial charge in [0.2, 0.25) is 0 Å². The van der Waals surface area contributed by atoms with Crippen LogP contribution in [0.1, 0.15) is 16.7 Å². The van der Waals surface area contributed by atoms with E-state index < -0.39 is 12.1 Å². The molecule has 0 heterocycles. The summed E-state index contributed by atoms with van der Waals surface area (Å²) in [5.41, 5.74) is 3.93. The highest BCUT2D eigenvalue weighted by atomic mass is 16.2. The molecule has 0 saturated heterocycles. The van der Waals surface area contributed by atoms with E-state index >= 15 is 0 Å². The fourth-order valence-electron chi connectivity index (χ4n) is 2.67. The summed E-state index contributed by atoms with van der Waals surface area (Å²) in [4.78, 5) is 24.5. The summed E-state index contributed by atoms with van der Waals surface area (Å²) < 4.78 is 0. The van der Waals surface area contributed by atoms with Gasteiger partial charge in [-0.15, -0.1) is 0 Å². The second-order valence-electron chi connectivity index (χ2n) is 6.57. The molecule has 31 heavy (non-hydrogen) atoms. The van der Waals surface area contributed by atoms with Gasteiger partial charge >= 0.3 is 12.1 Å². The molecule has 8 nitrogen and oxygen atoms in total. The third kappa shape index (κ3) is 5.83. The number of urea groups is 2. The third-order valence-corrected chi connectivity index (χ3v) is 4.29. The quantitative estimate of drug-likeness (QED) is 0.481. The summed E-state index contributed by atoms with van der Waals surface area (Å²) in [6, 6.07) is 21.2. The third-order valence-electron chi connectivity index (χ3n) is 4.29. The first kappa shape index (κ1) is 20.9. The molecule has 0 fully saturated rings.